The van der Waals surface area contributed by atoms with Crippen LogP contribution in [0, 0.1) is 5.41 Å². The number of carboxylic acid groups (broad SMARTS) is 2. The fraction of sp³-hybridized carbons (Fsp3) is 0.833. The van der Waals surface area contributed by atoms with Crippen molar-refractivity contribution in [3.05, 3.63) is 0 Å². The SMILES string of the molecule is CC(C)(C)[N+]1(C(=O)O)CCC(CCl)(C(=O)O)CC1. The number of nitrogens with zero attached hydrogens (tertiary/aromatic N) is 1. The van der Waals surface area contributed by atoms with E-state index in [9.17, 15) is 19.8 Å². The molecule has 18 heavy (non-hydrogen) atoms. The van der Waals surface area contributed by atoms with Crippen molar-refractivity contribution in [1.29, 1.82) is 0 Å². The van der Waals surface area contributed by atoms with Crippen LogP contribution in [-0.2, 0) is 4.79 Å². The highest BCUT2D eigenvalue weighted by Gasteiger charge is 2.55. The van der Waals surface area contributed by atoms with Crippen molar-refractivity contribution in [1.82, 2.24) is 0 Å². The summed E-state index contributed by atoms with van der Waals surface area (Å²) in [4.78, 5) is 22.9. The molecule has 1 aliphatic rings. The molecule has 6 heteroatoms. The molecule has 1 heterocycles. The minimum atomic E-state index is -0.968. The standard InChI is InChI=1S/C12H20ClNO4/c1-11(2,3)14(10(17)18)6-4-12(8-13,5-7-14)9(15)16/h4-8H2,1-3H3,(H-,15,16,17,18)/p+1. The van der Waals surface area contributed by atoms with Gasteiger partial charge in [0, 0.05) is 18.7 Å². The van der Waals surface area contributed by atoms with Crippen LogP contribution < -0.4 is 0 Å². The average Bonchev–Trinajstić information content (AvgIpc) is 2.26. The first-order valence-corrected chi connectivity index (χ1v) is 6.55. The van der Waals surface area contributed by atoms with Crippen molar-refractivity contribution in [2.75, 3.05) is 19.0 Å². The van der Waals surface area contributed by atoms with Gasteiger partial charge in [-0.05, 0) is 20.8 Å². The Morgan fingerprint density at radius 1 is 1.22 bits per heavy atom. The summed E-state index contributed by atoms with van der Waals surface area (Å²) in [6.07, 6.45) is -0.291. The summed E-state index contributed by atoms with van der Waals surface area (Å²) in [6.45, 7) is 6.22. The van der Waals surface area contributed by atoms with Crippen LogP contribution in [0.25, 0.3) is 0 Å². The molecule has 0 aromatic heterocycles. The van der Waals surface area contributed by atoms with Crippen LogP contribution in [0.2, 0.25) is 0 Å². The van der Waals surface area contributed by atoms with Gasteiger partial charge in [-0.3, -0.25) is 4.79 Å². The van der Waals surface area contributed by atoms with E-state index in [1.165, 1.54) is 0 Å². The zero-order valence-corrected chi connectivity index (χ0v) is 11.8. The van der Waals surface area contributed by atoms with Gasteiger partial charge >= 0.3 is 12.1 Å². The van der Waals surface area contributed by atoms with E-state index in [-0.39, 0.29) is 10.4 Å². The maximum Gasteiger partial charge on any atom is 0.513 e. The highest BCUT2D eigenvalue weighted by Crippen LogP contribution is 2.40. The van der Waals surface area contributed by atoms with Gasteiger partial charge in [-0.25, -0.2) is 4.48 Å². The Bertz CT molecular complexity index is 354. The summed E-state index contributed by atoms with van der Waals surface area (Å²) in [5.74, 6) is -0.888. The normalized spacial score (nSPS) is 33.1. The molecule has 1 amide bonds. The van der Waals surface area contributed by atoms with Gasteiger partial charge in [-0.2, -0.15) is 4.79 Å². The third-order valence-electron chi connectivity index (χ3n) is 4.30. The molecule has 1 fully saturated rings. The number of hydrogen-bond acceptors (Lipinski definition) is 2. The lowest BCUT2D eigenvalue weighted by Gasteiger charge is -2.49. The minimum Gasteiger partial charge on any atom is -0.481 e. The third-order valence-corrected chi connectivity index (χ3v) is 4.82. The molecule has 0 aromatic carbocycles. The fourth-order valence-electron chi connectivity index (χ4n) is 2.60. The van der Waals surface area contributed by atoms with Gasteiger partial charge in [-0.1, -0.05) is 0 Å². The summed E-state index contributed by atoms with van der Waals surface area (Å²) in [5.41, 5.74) is -1.42. The number of rotatable bonds is 2. The summed E-state index contributed by atoms with van der Waals surface area (Å²) in [7, 11) is 0. The second-order valence-corrected chi connectivity index (χ2v) is 6.35. The topological polar surface area (TPSA) is 74.6 Å². The molecule has 1 aliphatic heterocycles. The Labute approximate surface area is 112 Å². The van der Waals surface area contributed by atoms with Crippen molar-refractivity contribution in [2.24, 2.45) is 5.41 Å². The van der Waals surface area contributed by atoms with Crippen LogP contribution in [0.4, 0.5) is 4.79 Å². The second kappa shape index (κ2) is 4.70. The molecule has 5 nitrogen and oxygen atoms in total. The fourth-order valence-corrected chi connectivity index (χ4v) is 2.98. The molecule has 0 atom stereocenters. The molecule has 0 aromatic rings. The monoisotopic (exact) mass is 278 g/mol. The van der Waals surface area contributed by atoms with E-state index in [1.54, 1.807) is 0 Å². The molecule has 0 bridgehead atoms. The van der Waals surface area contributed by atoms with E-state index in [1.807, 2.05) is 20.8 Å². The quantitative estimate of drug-likeness (QED) is 0.601. The Morgan fingerprint density at radius 2 is 1.67 bits per heavy atom. The van der Waals surface area contributed by atoms with Crippen LogP contribution >= 0.6 is 11.6 Å². The molecule has 1 rings (SSSR count). The van der Waals surface area contributed by atoms with Crippen LogP contribution in [0.5, 0.6) is 0 Å². The predicted molar refractivity (Wildman–Crippen MR) is 67.8 cm³/mol. The zero-order valence-electron chi connectivity index (χ0n) is 11.1. The molecule has 0 unspecified atom stereocenters. The van der Waals surface area contributed by atoms with Crippen LogP contribution in [0.15, 0.2) is 0 Å². The van der Waals surface area contributed by atoms with Crippen LogP contribution in [0.1, 0.15) is 33.6 Å². The van der Waals surface area contributed by atoms with E-state index < -0.39 is 23.0 Å². The first-order chi connectivity index (χ1) is 8.11. The van der Waals surface area contributed by atoms with Gasteiger partial charge in [0.1, 0.15) is 5.54 Å². The lowest BCUT2D eigenvalue weighted by atomic mass is 9.77. The molecule has 0 radical (unpaired) electrons. The van der Waals surface area contributed by atoms with Gasteiger partial charge in [0.15, 0.2) is 0 Å². The molecule has 0 aliphatic carbocycles. The Kier molecular flexibility index (Phi) is 3.98. The summed E-state index contributed by atoms with van der Waals surface area (Å²) in [6, 6.07) is 0. The second-order valence-electron chi connectivity index (χ2n) is 6.09. The number of piperidine rings is 1. The van der Waals surface area contributed by atoms with Crippen molar-refractivity contribution in [3.63, 3.8) is 0 Å². The number of amides is 1. The molecular weight excluding hydrogens is 258 g/mol. The van der Waals surface area contributed by atoms with Gasteiger partial charge in [0.05, 0.1) is 18.5 Å². The Balaban J connectivity index is 3.02. The van der Waals surface area contributed by atoms with Crippen molar-refractivity contribution in [2.45, 2.75) is 39.2 Å². The minimum absolute atomic E-state index is 0.0338. The number of carbonyl (C=O) groups is 2. The van der Waals surface area contributed by atoms with Gasteiger partial charge < -0.3 is 10.2 Å². The predicted octanol–water partition coefficient (Wildman–Crippen LogP) is 2.38. The van der Waals surface area contributed by atoms with E-state index in [4.69, 9.17) is 11.6 Å². The third kappa shape index (κ3) is 2.21. The van der Waals surface area contributed by atoms with E-state index in [2.05, 4.69) is 0 Å². The van der Waals surface area contributed by atoms with Crippen molar-refractivity contribution in [3.8, 4) is 0 Å². The molecule has 0 saturated carbocycles. The van der Waals surface area contributed by atoms with Crippen molar-refractivity contribution < 1.29 is 24.3 Å². The summed E-state index contributed by atoms with van der Waals surface area (Å²) < 4.78 is -0.0983. The largest absolute Gasteiger partial charge is 0.513 e. The van der Waals surface area contributed by atoms with Gasteiger partial charge in [0.25, 0.3) is 0 Å². The summed E-state index contributed by atoms with van der Waals surface area (Å²) >= 11 is 5.78. The van der Waals surface area contributed by atoms with Gasteiger partial charge in [0.2, 0.25) is 0 Å². The first-order valence-electron chi connectivity index (χ1n) is 6.01. The molecule has 2 N–H and O–H groups in total. The maximum atomic E-state index is 11.6. The number of carboxylic acids is 1. The van der Waals surface area contributed by atoms with Gasteiger partial charge in [-0.15, -0.1) is 11.6 Å². The Hall–Kier alpha value is -0.810. The lowest BCUT2D eigenvalue weighted by Crippen LogP contribution is -2.68. The van der Waals surface area contributed by atoms with Crippen LogP contribution in [-0.4, -0.2) is 51.3 Å². The first kappa shape index (κ1) is 15.2. The van der Waals surface area contributed by atoms with E-state index in [0.717, 1.165) is 0 Å². The molecule has 104 valence electrons. The molecule has 0 spiro atoms. The molecular formula is C12H21ClNO4+. The number of hydrogen-bond donors (Lipinski definition) is 2. The van der Waals surface area contributed by atoms with E-state index in [0.29, 0.717) is 25.9 Å². The lowest BCUT2D eigenvalue weighted by molar-refractivity contribution is -0.909. The maximum absolute atomic E-state index is 11.6. The highest BCUT2D eigenvalue weighted by molar-refractivity contribution is 6.19. The van der Waals surface area contributed by atoms with E-state index >= 15 is 0 Å². The average molecular weight is 279 g/mol. The number of halogens is 1. The molecule has 1 saturated heterocycles. The number of alkyl halides is 1. The number of likely N-dealkylation sites (tertiary alicyclic amines) is 1. The summed E-state index contributed by atoms with van der Waals surface area (Å²) in [5, 5.41) is 18.8. The Morgan fingerprint density at radius 3 is 1.89 bits per heavy atom. The smallest absolute Gasteiger partial charge is 0.481 e. The highest BCUT2D eigenvalue weighted by atomic mass is 35.5. The number of quaternary nitrogens is 1. The zero-order chi connectivity index (χ0) is 14.2. The van der Waals surface area contributed by atoms with Crippen LogP contribution in [0.3, 0.4) is 0 Å². The van der Waals surface area contributed by atoms with Crippen molar-refractivity contribution >= 4 is 23.7 Å². The number of aliphatic carboxylic acids is 1.